The van der Waals surface area contributed by atoms with Gasteiger partial charge < -0.3 is 20.4 Å². The highest BCUT2D eigenvalue weighted by atomic mass is 16.5. The Morgan fingerprint density at radius 3 is 2.66 bits per heavy atom. The van der Waals surface area contributed by atoms with Crippen molar-refractivity contribution in [1.29, 1.82) is 0 Å². The summed E-state index contributed by atoms with van der Waals surface area (Å²) in [5.41, 5.74) is 3.35. The van der Waals surface area contributed by atoms with Gasteiger partial charge in [0.05, 0.1) is 31.0 Å². The molecule has 3 N–H and O–H groups in total. The van der Waals surface area contributed by atoms with E-state index in [9.17, 15) is 14.4 Å². The number of ketones is 1. The average molecular weight is 553 g/mol. The molecule has 0 fully saturated rings. The molecule has 8 nitrogen and oxygen atoms in total. The molecule has 1 aliphatic heterocycles. The van der Waals surface area contributed by atoms with Gasteiger partial charge in [0.25, 0.3) is 0 Å². The number of H-pyrrole nitrogens is 1. The first-order valence-electron chi connectivity index (χ1n) is 14.3. The van der Waals surface area contributed by atoms with E-state index >= 15 is 0 Å². The number of imidazole rings is 1. The molecular formula is C33H36N4O4. The third-order valence-electron chi connectivity index (χ3n) is 7.76. The minimum Gasteiger partial charge on any atom is -0.497 e. The maximum Gasteiger partial charge on any atom is 0.232 e. The van der Waals surface area contributed by atoms with Crippen molar-refractivity contribution in [2.45, 2.75) is 63.8 Å². The number of Topliss-reactive ketones (excluding diaryl/α,β-unsaturated/α-hetero) is 1. The van der Waals surface area contributed by atoms with E-state index in [0.29, 0.717) is 36.5 Å². The smallest absolute Gasteiger partial charge is 0.232 e. The lowest BCUT2D eigenvalue weighted by Crippen LogP contribution is -2.31. The van der Waals surface area contributed by atoms with Gasteiger partial charge in [0.15, 0.2) is 0 Å². The number of hydrogen-bond acceptors (Lipinski definition) is 5. The van der Waals surface area contributed by atoms with Crippen molar-refractivity contribution in [2.24, 2.45) is 0 Å². The van der Waals surface area contributed by atoms with Crippen molar-refractivity contribution in [3.63, 3.8) is 0 Å². The Morgan fingerprint density at radius 1 is 1.02 bits per heavy atom. The third kappa shape index (κ3) is 6.65. The second-order valence-electron chi connectivity index (χ2n) is 10.6. The summed E-state index contributed by atoms with van der Waals surface area (Å²) in [4.78, 5) is 45.8. The topological polar surface area (TPSA) is 113 Å². The zero-order chi connectivity index (χ0) is 28.8. The molecule has 5 rings (SSSR count). The first-order valence-corrected chi connectivity index (χ1v) is 14.3. The summed E-state index contributed by atoms with van der Waals surface area (Å²) < 4.78 is 5.26. The van der Waals surface area contributed by atoms with Gasteiger partial charge in [0.2, 0.25) is 11.8 Å². The Labute approximate surface area is 239 Å². The molecular weight excluding hydrogens is 516 g/mol. The number of nitrogens with zero attached hydrogens (tertiary/aromatic N) is 1. The number of anilines is 1. The lowest BCUT2D eigenvalue weighted by atomic mass is 9.96. The lowest BCUT2D eigenvalue weighted by molar-refractivity contribution is -0.125. The molecule has 4 aromatic rings. The minimum absolute atomic E-state index is 0.0326. The van der Waals surface area contributed by atoms with E-state index in [-0.39, 0.29) is 30.1 Å². The number of methoxy groups -OCH3 is 1. The predicted octanol–water partition coefficient (Wildman–Crippen LogP) is 6.45. The Hall–Kier alpha value is -4.46. The zero-order valence-corrected chi connectivity index (χ0v) is 23.5. The molecule has 41 heavy (non-hydrogen) atoms. The zero-order valence-electron chi connectivity index (χ0n) is 23.5. The van der Waals surface area contributed by atoms with Crippen molar-refractivity contribution in [2.75, 3.05) is 12.4 Å². The van der Waals surface area contributed by atoms with Gasteiger partial charge in [-0.25, -0.2) is 4.98 Å². The number of aromatic amines is 1. The third-order valence-corrected chi connectivity index (χ3v) is 7.76. The monoisotopic (exact) mass is 552 g/mol. The fourth-order valence-electron chi connectivity index (χ4n) is 5.40. The van der Waals surface area contributed by atoms with Crippen LogP contribution in [0.4, 0.5) is 5.69 Å². The van der Waals surface area contributed by atoms with Crippen LogP contribution in [0.1, 0.15) is 75.2 Å². The quantitative estimate of drug-likeness (QED) is 0.165. The maximum absolute atomic E-state index is 13.3. The summed E-state index contributed by atoms with van der Waals surface area (Å²) >= 11 is 0. The average Bonchev–Trinajstić information content (AvgIpc) is 3.60. The number of amides is 2. The van der Waals surface area contributed by atoms with Gasteiger partial charge in [0, 0.05) is 36.6 Å². The van der Waals surface area contributed by atoms with E-state index in [0.717, 1.165) is 41.5 Å². The Kier molecular flexibility index (Phi) is 8.77. The SMILES string of the molecule is CCC(=O)CCCCC[C@H](NC(=O)CC1C(=O)Nc2cc(OC)ccc21)c1ncc(-c2ccc3ccccc3c2)[nH]1. The largest absolute Gasteiger partial charge is 0.497 e. The highest BCUT2D eigenvalue weighted by molar-refractivity contribution is 6.05. The van der Waals surface area contributed by atoms with Gasteiger partial charge in [-0.3, -0.25) is 14.4 Å². The summed E-state index contributed by atoms with van der Waals surface area (Å²) in [6.07, 6.45) is 6.20. The number of carbonyl (C=O) groups excluding carboxylic acids is 3. The van der Waals surface area contributed by atoms with Gasteiger partial charge in [-0.1, -0.05) is 62.2 Å². The Bertz CT molecular complexity index is 1560. The number of unbranched alkanes of at least 4 members (excludes halogenated alkanes) is 2. The van der Waals surface area contributed by atoms with Crippen LogP contribution >= 0.6 is 0 Å². The molecule has 1 unspecified atom stereocenters. The summed E-state index contributed by atoms with van der Waals surface area (Å²) in [6.45, 7) is 1.89. The van der Waals surface area contributed by atoms with E-state index in [1.165, 1.54) is 5.39 Å². The number of nitrogens with one attached hydrogen (secondary N) is 3. The van der Waals surface area contributed by atoms with E-state index in [1.807, 2.05) is 25.1 Å². The molecule has 3 aromatic carbocycles. The van der Waals surface area contributed by atoms with Crippen LogP contribution in [0.3, 0.4) is 0 Å². The Balaban J connectivity index is 1.30. The number of hydrogen-bond donors (Lipinski definition) is 3. The molecule has 212 valence electrons. The van der Waals surface area contributed by atoms with Crippen LogP contribution in [-0.2, 0) is 14.4 Å². The predicted molar refractivity (Wildman–Crippen MR) is 160 cm³/mol. The van der Waals surface area contributed by atoms with Gasteiger partial charge in [-0.05, 0) is 41.3 Å². The number of benzene rings is 3. The van der Waals surface area contributed by atoms with Crippen LogP contribution < -0.4 is 15.4 Å². The van der Waals surface area contributed by atoms with E-state index in [2.05, 4.69) is 50.9 Å². The summed E-state index contributed by atoms with van der Waals surface area (Å²) in [5, 5.41) is 8.30. The molecule has 2 amide bonds. The molecule has 0 bridgehead atoms. The van der Waals surface area contributed by atoms with Crippen molar-refractivity contribution in [1.82, 2.24) is 15.3 Å². The van der Waals surface area contributed by atoms with Crippen molar-refractivity contribution in [3.8, 4) is 17.0 Å². The second-order valence-corrected chi connectivity index (χ2v) is 10.6. The van der Waals surface area contributed by atoms with Gasteiger partial charge in [-0.15, -0.1) is 0 Å². The van der Waals surface area contributed by atoms with Crippen LogP contribution in [-0.4, -0.2) is 34.7 Å². The second kappa shape index (κ2) is 12.8. The maximum atomic E-state index is 13.3. The van der Waals surface area contributed by atoms with Crippen molar-refractivity contribution >= 4 is 34.1 Å². The Morgan fingerprint density at radius 2 is 1.85 bits per heavy atom. The molecule has 8 heteroatoms. The van der Waals surface area contributed by atoms with E-state index in [1.54, 1.807) is 25.4 Å². The van der Waals surface area contributed by atoms with Gasteiger partial charge in [-0.2, -0.15) is 0 Å². The molecule has 0 saturated heterocycles. The molecule has 1 aliphatic rings. The van der Waals surface area contributed by atoms with Crippen LogP contribution in [0, 0.1) is 0 Å². The first kappa shape index (κ1) is 28.1. The number of rotatable bonds is 13. The van der Waals surface area contributed by atoms with Crippen molar-refractivity contribution < 1.29 is 19.1 Å². The molecule has 1 aromatic heterocycles. The standard InChI is InChI=1S/C33H36N4O4/c1-3-24(38)11-5-4-6-12-28(32-34-20-30(36-32)23-14-13-21-9-7-8-10-22(21)17-23)35-31(39)19-27-26-16-15-25(41-2)18-29(26)37-33(27)40/h7-10,13-18,20,27-28H,3-6,11-12,19H2,1-2H3,(H,34,36)(H,35,39)(H,37,40)/t27?,28-/m0/s1. The van der Waals surface area contributed by atoms with Crippen LogP contribution in [0.25, 0.3) is 22.0 Å². The fraction of sp³-hybridized carbons (Fsp3) is 0.333. The van der Waals surface area contributed by atoms with E-state index in [4.69, 9.17) is 4.74 Å². The molecule has 0 aliphatic carbocycles. The number of ether oxygens (including phenoxy) is 1. The highest BCUT2D eigenvalue weighted by Gasteiger charge is 2.33. The molecule has 0 radical (unpaired) electrons. The van der Waals surface area contributed by atoms with Gasteiger partial charge >= 0.3 is 0 Å². The molecule has 2 atom stereocenters. The van der Waals surface area contributed by atoms with E-state index < -0.39 is 5.92 Å². The first-order chi connectivity index (χ1) is 19.9. The molecule has 0 spiro atoms. The summed E-state index contributed by atoms with van der Waals surface area (Å²) in [7, 11) is 1.57. The van der Waals surface area contributed by atoms with Gasteiger partial charge in [0.1, 0.15) is 17.4 Å². The minimum atomic E-state index is -0.568. The highest BCUT2D eigenvalue weighted by Crippen LogP contribution is 2.37. The lowest BCUT2D eigenvalue weighted by Gasteiger charge is -2.18. The number of fused-ring (bicyclic) bond motifs is 2. The molecule has 2 heterocycles. The van der Waals surface area contributed by atoms with Crippen molar-refractivity contribution in [3.05, 3.63) is 78.2 Å². The summed E-state index contributed by atoms with van der Waals surface area (Å²) in [5.74, 6) is 0.609. The van der Waals surface area contributed by atoms with Crippen LogP contribution in [0.5, 0.6) is 5.75 Å². The number of aromatic nitrogens is 2. The number of carbonyl (C=O) groups is 3. The van der Waals surface area contributed by atoms with Crippen LogP contribution in [0.15, 0.2) is 66.9 Å². The normalized spacial score (nSPS) is 14.9. The summed E-state index contributed by atoms with van der Waals surface area (Å²) in [6, 6.07) is 19.5. The fourth-order valence-corrected chi connectivity index (χ4v) is 5.40. The molecule has 0 saturated carbocycles. The van der Waals surface area contributed by atoms with Crippen LogP contribution in [0.2, 0.25) is 0 Å².